The van der Waals surface area contributed by atoms with E-state index < -0.39 is 17.9 Å². The average molecular weight is 343 g/mol. The molecular formula is C19H18FNO4. The lowest BCUT2D eigenvalue weighted by Crippen LogP contribution is -2.33. The molecule has 1 atom stereocenters. The number of rotatable bonds is 6. The Bertz CT molecular complexity index is 774. The van der Waals surface area contributed by atoms with Gasteiger partial charge in [0.05, 0.1) is 12.7 Å². The number of esters is 1. The van der Waals surface area contributed by atoms with Gasteiger partial charge in [0.1, 0.15) is 0 Å². The van der Waals surface area contributed by atoms with Crippen LogP contribution in [0.25, 0.3) is 0 Å². The van der Waals surface area contributed by atoms with Gasteiger partial charge in [0.15, 0.2) is 11.6 Å². The Morgan fingerprint density at radius 3 is 2.48 bits per heavy atom. The van der Waals surface area contributed by atoms with Crippen LogP contribution in [0.4, 0.5) is 4.39 Å². The highest BCUT2D eigenvalue weighted by Gasteiger charge is 2.31. The van der Waals surface area contributed by atoms with Crippen LogP contribution in [0.5, 0.6) is 5.75 Å². The zero-order valence-corrected chi connectivity index (χ0v) is 13.7. The second-order valence-corrected chi connectivity index (χ2v) is 5.83. The summed E-state index contributed by atoms with van der Waals surface area (Å²) in [5.41, 5.74) is 0.571. The molecule has 1 aliphatic rings. The Labute approximate surface area is 144 Å². The molecule has 2 aromatic carbocycles. The summed E-state index contributed by atoms with van der Waals surface area (Å²) in [4.78, 5) is 24.8. The number of benzene rings is 2. The van der Waals surface area contributed by atoms with Crippen LogP contribution in [-0.4, -0.2) is 25.0 Å². The standard InChI is InChI=1S/C19H18FNO4/c1-24-16-10-7-13(11-15(16)20)19(23)25-17(12-5-3-2-4-6-12)18(22)21-14-8-9-14/h2-7,10-11,14,17H,8-9H2,1H3,(H,21,22)/t17-/m0/s1. The molecule has 1 aliphatic carbocycles. The molecule has 0 radical (unpaired) electrons. The van der Waals surface area contributed by atoms with E-state index in [-0.39, 0.29) is 23.3 Å². The summed E-state index contributed by atoms with van der Waals surface area (Å²) in [7, 11) is 1.34. The number of ether oxygens (including phenoxy) is 2. The maximum Gasteiger partial charge on any atom is 0.339 e. The van der Waals surface area contributed by atoms with Gasteiger partial charge in [-0.15, -0.1) is 0 Å². The van der Waals surface area contributed by atoms with Gasteiger partial charge in [0.25, 0.3) is 5.91 Å². The van der Waals surface area contributed by atoms with E-state index in [1.165, 1.54) is 19.2 Å². The number of halogens is 1. The Kier molecular flexibility index (Phi) is 4.97. The summed E-state index contributed by atoms with van der Waals surface area (Å²) >= 11 is 0. The molecule has 1 saturated carbocycles. The van der Waals surface area contributed by atoms with Gasteiger partial charge in [-0.3, -0.25) is 4.79 Å². The molecule has 6 heteroatoms. The minimum atomic E-state index is -1.08. The lowest BCUT2D eigenvalue weighted by Gasteiger charge is -2.18. The normalized spacial score (nSPS) is 14.5. The molecule has 0 spiro atoms. The summed E-state index contributed by atoms with van der Waals surface area (Å²) in [5, 5.41) is 2.83. The lowest BCUT2D eigenvalue weighted by molar-refractivity contribution is -0.130. The van der Waals surface area contributed by atoms with Crippen molar-refractivity contribution in [3.05, 3.63) is 65.5 Å². The quantitative estimate of drug-likeness (QED) is 0.819. The summed E-state index contributed by atoms with van der Waals surface area (Å²) in [6, 6.07) is 12.6. The van der Waals surface area contributed by atoms with Gasteiger partial charge in [-0.2, -0.15) is 0 Å². The Hall–Kier alpha value is -2.89. The molecule has 2 aromatic rings. The molecule has 0 aliphatic heterocycles. The third-order valence-corrected chi connectivity index (χ3v) is 3.88. The van der Waals surface area contributed by atoms with Gasteiger partial charge < -0.3 is 14.8 Å². The van der Waals surface area contributed by atoms with E-state index >= 15 is 0 Å². The van der Waals surface area contributed by atoms with E-state index in [0.29, 0.717) is 5.56 Å². The summed E-state index contributed by atoms with van der Waals surface area (Å²) in [5.74, 6) is -1.80. The predicted octanol–water partition coefficient (Wildman–Crippen LogP) is 3.01. The van der Waals surface area contributed by atoms with Gasteiger partial charge in [0, 0.05) is 11.6 Å². The zero-order valence-electron chi connectivity index (χ0n) is 13.7. The maximum atomic E-state index is 13.8. The van der Waals surface area contributed by atoms with Crippen molar-refractivity contribution >= 4 is 11.9 Å². The molecule has 0 saturated heterocycles. The van der Waals surface area contributed by atoms with Crippen LogP contribution in [0.3, 0.4) is 0 Å². The number of hydrogen-bond acceptors (Lipinski definition) is 4. The summed E-state index contributed by atoms with van der Waals surface area (Å²) in [6.45, 7) is 0. The second kappa shape index (κ2) is 7.34. The van der Waals surface area contributed by atoms with Gasteiger partial charge in [0.2, 0.25) is 6.10 Å². The number of carbonyl (C=O) groups excluding carboxylic acids is 2. The van der Waals surface area contributed by atoms with Crippen LogP contribution < -0.4 is 10.1 Å². The highest BCUT2D eigenvalue weighted by Crippen LogP contribution is 2.25. The fraction of sp³-hybridized carbons (Fsp3) is 0.263. The first-order chi connectivity index (χ1) is 12.1. The van der Waals surface area contributed by atoms with Crippen molar-refractivity contribution in [2.24, 2.45) is 0 Å². The topological polar surface area (TPSA) is 64.6 Å². The first-order valence-electron chi connectivity index (χ1n) is 7.98. The van der Waals surface area contributed by atoms with Crippen molar-refractivity contribution in [2.75, 3.05) is 7.11 Å². The van der Waals surface area contributed by atoms with Crippen LogP contribution in [0, 0.1) is 5.82 Å². The lowest BCUT2D eigenvalue weighted by atomic mass is 10.1. The molecule has 0 bridgehead atoms. The van der Waals surface area contributed by atoms with Crippen LogP contribution in [0.15, 0.2) is 48.5 Å². The van der Waals surface area contributed by atoms with Crippen LogP contribution in [0.1, 0.15) is 34.9 Å². The van der Waals surface area contributed by atoms with E-state index in [0.717, 1.165) is 18.9 Å². The maximum absolute atomic E-state index is 13.8. The third kappa shape index (κ3) is 4.15. The van der Waals surface area contributed by atoms with Gasteiger partial charge in [-0.05, 0) is 31.0 Å². The Morgan fingerprint density at radius 2 is 1.88 bits per heavy atom. The molecule has 130 valence electrons. The monoisotopic (exact) mass is 343 g/mol. The molecule has 5 nitrogen and oxygen atoms in total. The van der Waals surface area contributed by atoms with Crippen LogP contribution in [0.2, 0.25) is 0 Å². The Balaban J connectivity index is 1.80. The highest BCUT2D eigenvalue weighted by atomic mass is 19.1. The second-order valence-electron chi connectivity index (χ2n) is 5.83. The van der Waals surface area contributed by atoms with Crippen molar-refractivity contribution in [3.8, 4) is 5.75 Å². The van der Waals surface area contributed by atoms with E-state index in [4.69, 9.17) is 9.47 Å². The molecular weight excluding hydrogens is 325 g/mol. The van der Waals surface area contributed by atoms with Gasteiger partial charge >= 0.3 is 5.97 Å². The third-order valence-electron chi connectivity index (χ3n) is 3.88. The van der Waals surface area contributed by atoms with Crippen LogP contribution in [-0.2, 0) is 9.53 Å². The van der Waals surface area contributed by atoms with Crippen molar-refractivity contribution in [2.45, 2.75) is 25.0 Å². The summed E-state index contributed by atoms with van der Waals surface area (Å²) < 4.78 is 24.0. The minimum Gasteiger partial charge on any atom is -0.494 e. The molecule has 0 unspecified atom stereocenters. The van der Waals surface area contributed by atoms with Crippen LogP contribution >= 0.6 is 0 Å². The fourth-order valence-corrected chi connectivity index (χ4v) is 2.37. The van der Waals surface area contributed by atoms with Crippen molar-refractivity contribution < 1.29 is 23.5 Å². The molecule has 1 amide bonds. The largest absolute Gasteiger partial charge is 0.494 e. The highest BCUT2D eigenvalue weighted by molar-refractivity contribution is 5.93. The average Bonchev–Trinajstić information content (AvgIpc) is 3.44. The van der Waals surface area contributed by atoms with Crippen molar-refractivity contribution in [1.82, 2.24) is 5.32 Å². The molecule has 1 fully saturated rings. The number of carbonyl (C=O) groups is 2. The van der Waals surface area contributed by atoms with Crippen molar-refractivity contribution in [1.29, 1.82) is 0 Å². The van der Waals surface area contributed by atoms with Crippen molar-refractivity contribution in [3.63, 3.8) is 0 Å². The number of methoxy groups -OCH3 is 1. The number of nitrogens with one attached hydrogen (secondary N) is 1. The van der Waals surface area contributed by atoms with Gasteiger partial charge in [-0.25, -0.2) is 9.18 Å². The van der Waals surface area contributed by atoms with E-state index in [9.17, 15) is 14.0 Å². The van der Waals surface area contributed by atoms with Gasteiger partial charge in [-0.1, -0.05) is 30.3 Å². The molecule has 3 rings (SSSR count). The zero-order chi connectivity index (χ0) is 17.8. The first kappa shape index (κ1) is 17.0. The molecule has 0 aromatic heterocycles. The fourth-order valence-electron chi connectivity index (χ4n) is 2.37. The number of hydrogen-bond donors (Lipinski definition) is 1. The molecule has 0 heterocycles. The summed E-state index contributed by atoms with van der Waals surface area (Å²) in [6.07, 6.45) is 0.759. The van der Waals surface area contributed by atoms with E-state index in [1.807, 2.05) is 0 Å². The Morgan fingerprint density at radius 1 is 1.16 bits per heavy atom. The predicted molar refractivity (Wildman–Crippen MR) is 88.7 cm³/mol. The smallest absolute Gasteiger partial charge is 0.339 e. The SMILES string of the molecule is COc1ccc(C(=O)O[C@H](C(=O)NC2CC2)c2ccccc2)cc1F. The van der Waals surface area contributed by atoms with E-state index in [1.54, 1.807) is 30.3 Å². The molecule has 1 N–H and O–H groups in total. The first-order valence-corrected chi connectivity index (χ1v) is 7.98. The number of amides is 1. The van der Waals surface area contributed by atoms with E-state index in [2.05, 4.69) is 5.32 Å². The molecule has 25 heavy (non-hydrogen) atoms. The minimum absolute atomic E-state index is 0.0125.